The Kier molecular flexibility index (Phi) is 4.68. The Hall–Kier alpha value is -2.67. The van der Waals surface area contributed by atoms with Gasteiger partial charge in [0.05, 0.1) is 25.9 Å². The van der Waals surface area contributed by atoms with Gasteiger partial charge in [-0.3, -0.25) is 0 Å². The molecule has 0 aliphatic rings. The number of hydrogen-bond donors (Lipinski definition) is 1. The van der Waals surface area contributed by atoms with Gasteiger partial charge < -0.3 is 14.8 Å². The Morgan fingerprint density at radius 2 is 1.81 bits per heavy atom. The fourth-order valence-corrected chi connectivity index (χ4v) is 2.11. The summed E-state index contributed by atoms with van der Waals surface area (Å²) in [4.78, 5) is 0. The van der Waals surface area contributed by atoms with Crippen molar-refractivity contribution in [2.75, 3.05) is 19.5 Å². The predicted octanol–water partition coefficient (Wildman–Crippen LogP) is 3.50. The van der Waals surface area contributed by atoms with Crippen molar-refractivity contribution in [1.82, 2.24) is 0 Å². The van der Waals surface area contributed by atoms with E-state index in [1.165, 1.54) is 0 Å². The Labute approximate surface area is 124 Å². The summed E-state index contributed by atoms with van der Waals surface area (Å²) >= 11 is 0. The number of rotatable bonds is 5. The maximum absolute atomic E-state index is 8.88. The second-order valence-corrected chi connectivity index (χ2v) is 4.68. The molecule has 0 aliphatic heterocycles. The molecule has 0 unspecified atom stereocenters. The first-order valence-electron chi connectivity index (χ1n) is 6.63. The van der Waals surface area contributed by atoms with Crippen LogP contribution in [-0.4, -0.2) is 14.2 Å². The van der Waals surface area contributed by atoms with Gasteiger partial charge in [-0.25, -0.2) is 0 Å². The molecule has 0 saturated heterocycles. The van der Waals surface area contributed by atoms with Crippen LogP contribution in [0, 0.1) is 18.3 Å². The number of hydrogen-bond acceptors (Lipinski definition) is 4. The lowest BCUT2D eigenvalue weighted by Crippen LogP contribution is -2.02. The minimum Gasteiger partial charge on any atom is -0.493 e. The summed E-state index contributed by atoms with van der Waals surface area (Å²) in [6.07, 6.45) is 0. The topological polar surface area (TPSA) is 54.3 Å². The summed E-state index contributed by atoms with van der Waals surface area (Å²) in [5.74, 6) is 1.40. The highest BCUT2D eigenvalue weighted by Crippen LogP contribution is 2.30. The zero-order valence-electron chi connectivity index (χ0n) is 12.4. The largest absolute Gasteiger partial charge is 0.493 e. The predicted molar refractivity (Wildman–Crippen MR) is 82.8 cm³/mol. The van der Waals surface area contributed by atoms with E-state index in [9.17, 15) is 0 Å². The third-order valence-electron chi connectivity index (χ3n) is 3.34. The molecule has 108 valence electrons. The lowest BCUT2D eigenvalue weighted by atomic mass is 10.1. The fraction of sp³-hybridized carbons (Fsp3) is 0.235. The highest BCUT2D eigenvalue weighted by atomic mass is 16.5. The monoisotopic (exact) mass is 282 g/mol. The maximum Gasteiger partial charge on any atom is 0.162 e. The van der Waals surface area contributed by atoms with E-state index in [1.807, 2.05) is 43.3 Å². The highest BCUT2D eigenvalue weighted by molar-refractivity contribution is 5.55. The second kappa shape index (κ2) is 6.67. The van der Waals surface area contributed by atoms with E-state index in [2.05, 4.69) is 11.4 Å². The highest BCUT2D eigenvalue weighted by Gasteiger charge is 2.05. The molecule has 0 heterocycles. The van der Waals surface area contributed by atoms with Gasteiger partial charge in [0, 0.05) is 18.3 Å². The van der Waals surface area contributed by atoms with Crippen LogP contribution >= 0.6 is 0 Å². The molecule has 0 bridgehead atoms. The van der Waals surface area contributed by atoms with Gasteiger partial charge in [-0.15, -0.1) is 0 Å². The molecule has 2 rings (SSSR count). The number of nitriles is 1. The molecule has 0 fully saturated rings. The fourth-order valence-electron chi connectivity index (χ4n) is 2.11. The second-order valence-electron chi connectivity index (χ2n) is 4.68. The minimum atomic E-state index is 0.683. The molecule has 0 spiro atoms. The minimum absolute atomic E-state index is 0.683. The van der Waals surface area contributed by atoms with Crippen molar-refractivity contribution in [2.24, 2.45) is 0 Å². The molecule has 0 aliphatic carbocycles. The molecule has 21 heavy (non-hydrogen) atoms. The smallest absolute Gasteiger partial charge is 0.162 e. The lowest BCUT2D eigenvalue weighted by Gasteiger charge is -2.12. The molecule has 0 saturated carbocycles. The van der Waals surface area contributed by atoms with E-state index in [0.29, 0.717) is 23.6 Å². The SMILES string of the molecule is COc1ccc(NCc2ccc(C#N)cc2C)cc1OC. The van der Waals surface area contributed by atoms with E-state index < -0.39 is 0 Å². The number of nitrogens with zero attached hydrogens (tertiary/aromatic N) is 1. The molecule has 1 N–H and O–H groups in total. The first kappa shape index (κ1) is 14.7. The number of ether oxygens (including phenoxy) is 2. The maximum atomic E-state index is 8.88. The van der Waals surface area contributed by atoms with E-state index in [-0.39, 0.29) is 0 Å². The normalized spacial score (nSPS) is 9.81. The van der Waals surface area contributed by atoms with Crippen molar-refractivity contribution in [2.45, 2.75) is 13.5 Å². The molecule has 4 nitrogen and oxygen atoms in total. The third kappa shape index (κ3) is 3.46. The number of nitrogens with one attached hydrogen (secondary N) is 1. The number of anilines is 1. The van der Waals surface area contributed by atoms with Crippen LogP contribution in [0.15, 0.2) is 36.4 Å². The molecule has 0 amide bonds. The Balaban J connectivity index is 2.11. The molecule has 0 atom stereocenters. The van der Waals surface area contributed by atoms with Crippen molar-refractivity contribution in [1.29, 1.82) is 5.26 Å². The van der Waals surface area contributed by atoms with Crippen LogP contribution in [-0.2, 0) is 6.54 Å². The van der Waals surface area contributed by atoms with Gasteiger partial charge >= 0.3 is 0 Å². The van der Waals surface area contributed by atoms with Gasteiger partial charge in [0.25, 0.3) is 0 Å². The van der Waals surface area contributed by atoms with E-state index in [1.54, 1.807) is 14.2 Å². The van der Waals surface area contributed by atoms with Crippen molar-refractivity contribution in [3.63, 3.8) is 0 Å². The quantitative estimate of drug-likeness (QED) is 0.912. The van der Waals surface area contributed by atoms with Crippen LogP contribution in [0.4, 0.5) is 5.69 Å². The van der Waals surface area contributed by atoms with Crippen LogP contribution in [0.25, 0.3) is 0 Å². The van der Waals surface area contributed by atoms with E-state index in [0.717, 1.165) is 16.8 Å². The van der Waals surface area contributed by atoms with E-state index in [4.69, 9.17) is 14.7 Å². The van der Waals surface area contributed by atoms with Gasteiger partial charge in [-0.2, -0.15) is 5.26 Å². The van der Waals surface area contributed by atoms with Crippen LogP contribution in [0.1, 0.15) is 16.7 Å². The van der Waals surface area contributed by atoms with Gasteiger partial charge in [0.1, 0.15) is 0 Å². The molecule has 2 aromatic rings. The molecular weight excluding hydrogens is 264 g/mol. The zero-order valence-corrected chi connectivity index (χ0v) is 12.4. The van der Waals surface area contributed by atoms with Crippen molar-refractivity contribution < 1.29 is 9.47 Å². The molecule has 2 aromatic carbocycles. The van der Waals surface area contributed by atoms with Crippen molar-refractivity contribution >= 4 is 5.69 Å². The van der Waals surface area contributed by atoms with E-state index >= 15 is 0 Å². The Morgan fingerprint density at radius 1 is 1.05 bits per heavy atom. The molecule has 0 aromatic heterocycles. The number of methoxy groups -OCH3 is 2. The summed E-state index contributed by atoms with van der Waals surface area (Å²) in [5, 5.41) is 12.2. The standard InChI is InChI=1S/C17H18N2O2/c1-12-8-13(10-18)4-5-14(12)11-19-15-6-7-16(20-2)17(9-15)21-3/h4-9,19H,11H2,1-3H3. The van der Waals surface area contributed by atoms with Gasteiger partial charge in [-0.05, 0) is 42.3 Å². The summed E-state index contributed by atoms with van der Waals surface area (Å²) in [6, 6.07) is 13.6. The molecule has 4 heteroatoms. The van der Waals surface area contributed by atoms with Crippen LogP contribution in [0.5, 0.6) is 11.5 Å². The summed E-state index contributed by atoms with van der Waals surface area (Å²) in [7, 11) is 3.23. The summed E-state index contributed by atoms with van der Waals surface area (Å²) in [5.41, 5.74) is 3.89. The number of aryl methyl sites for hydroxylation is 1. The molecule has 0 radical (unpaired) electrons. The van der Waals surface area contributed by atoms with Gasteiger partial charge in [0.2, 0.25) is 0 Å². The summed E-state index contributed by atoms with van der Waals surface area (Å²) < 4.78 is 10.5. The number of benzene rings is 2. The Morgan fingerprint density at radius 3 is 2.43 bits per heavy atom. The first-order chi connectivity index (χ1) is 10.2. The van der Waals surface area contributed by atoms with Crippen LogP contribution in [0.2, 0.25) is 0 Å². The van der Waals surface area contributed by atoms with Crippen LogP contribution < -0.4 is 14.8 Å². The zero-order chi connectivity index (χ0) is 15.2. The first-order valence-corrected chi connectivity index (χ1v) is 6.63. The average molecular weight is 282 g/mol. The average Bonchev–Trinajstić information content (AvgIpc) is 2.53. The van der Waals surface area contributed by atoms with Gasteiger partial charge in [0.15, 0.2) is 11.5 Å². The third-order valence-corrected chi connectivity index (χ3v) is 3.34. The van der Waals surface area contributed by atoms with Gasteiger partial charge in [-0.1, -0.05) is 6.07 Å². The lowest BCUT2D eigenvalue weighted by molar-refractivity contribution is 0.355. The Bertz CT molecular complexity index is 675. The molecular formula is C17H18N2O2. The van der Waals surface area contributed by atoms with Crippen LogP contribution in [0.3, 0.4) is 0 Å². The van der Waals surface area contributed by atoms with Crippen molar-refractivity contribution in [3.05, 3.63) is 53.1 Å². The van der Waals surface area contributed by atoms with Crippen molar-refractivity contribution in [3.8, 4) is 17.6 Å². The summed E-state index contributed by atoms with van der Waals surface area (Å²) in [6.45, 7) is 2.69.